The van der Waals surface area contributed by atoms with Gasteiger partial charge in [-0.2, -0.15) is 0 Å². The molecule has 0 unspecified atom stereocenters. The Morgan fingerprint density at radius 3 is 1.39 bits per heavy atom. The van der Waals surface area contributed by atoms with Crippen molar-refractivity contribution in [2.45, 2.75) is 13.8 Å². The van der Waals surface area contributed by atoms with Gasteiger partial charge in [0.1, 0.15) is 11.5 Å². The van der Waals surface area contributed by atoms with Crippen LogP contribution in [0.5, 0.6) is 11.5 Å². The number of ether oxygens (including phenoxy) is 2. The third kappa shape index (κ3) is 9.19. The largest absolute Gasteiger partial charge is 0.497 e. The molecule has 0 heterocycles. The van der Waals surface area contributed by atoms with Crippen molar-refractivity contribution in [3.63, 3.8) is 0 Å². The van der Waals surface area contributed by atoms with Gasteiger partial charge in [0.2, 0.25) is 0 Å². The van der Waals surface area contributed by atoms with Crippen LogP contribution in [0.25, 0.3) is 0 Å². The van der Waals surface area contributed by atoms with Gasteiger partial charge in [0.05, 0.1) is 13.4 Å². The summed E-state index contributed by atoms with van der Waals surface area (Å²) in [5, 5.41) is 0. The zero-order chi connectivity index (χ0) is 30.6. The Bertz CT molecular complexity index is 1350. The molecule has 0 atom stereocenters. The van der Waals surface area contributed by atoms with Gasteiger partial charge >= 0.3 is 0 Å². The van der Waals surface area contributed by atoms with Crippen LogP contribution in [0.1, 0.15) is 13.8 Å². The molecule has 0 saturated heterocycles. The van der Waals surface area contributed by atoms with Gasteiger partial charge in [-0.25, -0.2) is 0 Å². The van der Waals surface area contributed by atoms with E-state index < -0.39 is 0 Å². The maximum absolute atomic E-state index is 5.52. The Morgan fingerprint density at radius 1 is 0.610 bits per heavy atom. The lowest BCUT2D eigenvalue weighted by Crippen LogP contribution is -2.17. The Morgan fingerprint density at radius 2 is 1.02 bits per heavy atom. The van der Waals surface area contributed by atoms with Crippen molar-refractivity contribution in [2.75, 3.05) is 16.9 Å². The average molecular weight is 547 g/mol. The number of allylic oxidation sites excluding steroid dienone is 6. The van der Waals surface area contributed by atoms with Crippen molar-refractivity contribution in [1.82, 2.24) is 0 Å². The average Bonchev–Trinajstić information content (AvgIpc) is 3.03. The van der Waals surface area contributed by atoms with Gasteiger partial charge in [-0.05, 0) is 72.8 Å². The Hall–Kier alpha value is -5.22. The van der Waals surface area contributed by atoms with Crippen molar-refractivity contribution in [3.05, 3.63) is 173 Å². The molecule has 0 aromatic heterocycles. The molecule has 0 amide bonds. The summed E-state index contributed by atoms with van der Waals surface area (Å²) >= 11 is 0. The summed E-state index contributed by atoms with van der Waals surface area (Å²) in [5.41, 5.74) is 5.46. The lowest BCUT2D eigenvalue weighted by atomic mass is 10.1. The van der Waals surface area contributed by atoms with Crippen LogP contribution in [0.4, 0.5) is 22.7 Å². The summed E-state index contributed by atoms with van der Waals surface area (Å²) in [7, 11) is 1.66. The van der Waals surface area contributed by atoms with Crippen LogP contribution in [0, 0.1) is 0 Å². The predicted molar refractivity (Wildman–Crippen MR) is 181 cm³/mol. The number of anilines is 4. The van der Waals surface area contributed by atoms with E-state index in [0.717, 1.165) is 39.9 Å². The maximum Gasteiger partial charge on any atom is 0.128 e. The van der Waals surface area contributed by atoms with Gasteiger partial charge in [-0.1, -0.05) is 71.0 Å². The minimum Gasteiger partial charge on any atom is -0.497 e. The quantitative estimate of drug-likeness (QED) is 0.121. The first-order valence-corrected chi connectivity index (χ1v) is 13.2. The zero-order valence-corrected chi connectivity index (χ0v) is 24.6. The molecule has 0 spiro atoms. The standard InChI is InChI=1S/C33H32N2O2.C2H6.C2H4/c1-7-14-26(9-3)34(30-16-12-18-32(24-30)36-6)28-20-22-29(23-21-28)35(27(10-4)15-8-2)31-17-13-19-33(25-31)37-11-5;2*1-2/h7-25H,1-5H2,6H3;1-2H3;1-2H2/b26-14+,27-15+;;. The molecule has 0 N–H and O–H groups in total. The van der Waals surface area contributed by atoms with E-state index in [1.54, 1.807) is 31.4 Å². The van der Waals surface area contributed by atoms with Crippen LogP contribution >= 0.6 is 0 Å². The van der Waals surface area contributed by atoms with Crippen LogP contribution in [-0.4, -0.2) is 7.11 Å². The summed E-state index contributed by atoms with van der Waals surface area (Å²) in [6.07, 6.45) is 12.3. The Balaban J connectivity index is 0.00000201. The second-order valence-corrected chi connectivity index (χ2v) is 7.73. The molecule has 41 heavy (non-hydrogen) atoms. The van der Waals surface area contributed by atoms with Crippen LogP contribution in [0.15, 0.2) is 173 Å². The van der Waals surface area contributed by atoms with E-state index in [0.29, 0.717) is 5.75 Å². The fourth-order valence-corrected chi connectivity index (χ4v) is 3.90. The van der Waals surface area contributed by atoms with Crippen molar-refractivity contribution >= 4 is 22.7 Å². The number of rotatable bonds is 13. The van der Waals surface area contributed by atoms with Crippen LogP contribution in [-0.2, 0) is 0 Å². The van der Waals surface area contributed by atoms with Gasteiger partial charge in [-0.3, -0.25) is 0 Å². The van der Waals surface area contributed by atoms with E-state index in [1.165, 1.54) is 6.26 Å². The highest BCUT2D eigenvalue weighted by Gasteiger charge is 2.17. The molecule has 0 aliphatic rings. The van der Waals surface area contributed by atoms with Crippen molar-refractivity contribution in [3.8, 4) is 11.5 Å². The van der Waals surface area contributed by atoms with Crippen molar-refractivity contribution < 1.29 is 9.47 Å². The molecule has 4 nitrogen and oxygen atoms in total. The Labute approximate surface area is 247 Å². The lowest BCUT2D eigenvalue weighted by Gasteiger charge is -2.29. The highest BCUT2D eigenvalue weighted by molar-refractivity contribution is 5.76. The highest BCUT2D eigenvalue weighted by Crippen LogP contribution is 2.37. The third-order valence-electron chi connectivity index (χ3n) is 5.48. The number of hydrogen-bond acceptors (Lipinski definition) is 4. The summed E-state index contributed by atoms with van der Waals surface area (Å²) in [6, 6.07) is 23.9. The van der Waals surface area contributed by atoms with Crippen LogP contribution in [0.2, 0.25) is 0 Å². The molecule has 212 valence electrons. The van der Waals surface area contributed by atoms with E-state index in [2.05, 4.69) is 80.1 Å². The lowest BCUT2D eigenvalue weighted by molar-refractivity contribution is 0.415. The number of hydrogen-bond donors (Lipinski definition) is 0. The van der Waals surface area contributed by atoms with Gasteiger partial charge in [-0.15, -0.1) is 13.2 Å². The topological polar surface area (TPSA) is 24.9 Å². The van der Waals surface area contributed by atoms with E-state index >= 15 is 0 Å². The minimum absolute atomic E-state index is 0.686. The molecule has 3 rings (SSSR count). The van der Waals surface area contributed by atoms with E-state index in [-0.39, 0.29) is 0 Å². The molecular weight excluding hydrogens is 504 g/mol. The number of methoxy groups -OCH3 is 1. The third-order valence-corrected chi connectivity index (χ3v) is 5.48. The van der Waals surface area contributed by atoms with Crippen LogP contribution in [0.3, 0.4) is 0 Å². The zero-order valence-electron chi connectivity index (χ0n) is 24.6. The number of nitrogens with zero attached hydrogens (tertiary/aromatic N) is 2. The number of benzene rings is 3. The molecule has 4 heteroatoms. The molecule has 0 aliphatic heterocycles. The molecule has 3 aromatic rings. The van der Waals surface area contributed by atoms with Crippen LogP contribution < -0.4 is 19.3 Å². The summed E-state index contributed by atoms with van der Waals surface area (Å²) in [4.78, 5) is 4.18. The fourth-order valence-electron chi connectivity index (χ4n) is 3.90. The van der Waals surface area contributed by atoms with E-state index in [9.17, 15) is 0 Å². The van der Waals surface area contributed by atoms with Gasteiger partial charge < -0.3 is 19.3 Å². The summed E-state index contributed by atoms with van der Waals surface area (Å²) in [5.74, 6) is 1.45. The highest BCUT2D eigenvalue weighted by atomic mass is 16.5. The summed E-state index contributed by atoms with van der Waals surface area (Å²) < 4.78 is 11.0. The normalized spacial score (nSPS) is 10.3. The molecule has 0 fully saturated rings. The molecule has 0 aliphatic carbocycles. The van der Waals surface area contributed by atoms with Crippen molar-refractivity contribution in [1.29, 1.82) is 0 Å². The molecule has 0 bridgehead atoms. The fraction of sp³-hybridized carbons (Fsp3) is 0.0811. The monoisotopic (exact) mass is 546 g/mol. The predicted octanol–water partition coefficient (Wildman–Crippen LogP) is 10.8. The van der Waals surface area contributed by atoms with Gasteiger partial charge in [0.25, 0.3) is 0 Å². The maximum atomic E-state index is 5.52. The SMILES string of the molecule is C=C.C=C/C=C(\C=C)N(c1ccc(N(/C(C=C)=C/C=C)c2cccc(OC=C)c2)cc1)c1cccc(OC)c1.CC. The second kappa shape index (κ2) is 18.9. The van der Waals surface area contributed by atoms with Gasteiger partial charge in [0, 0.05) is 46.3 Å². The molecule has 0 radical (unpaired) electrons. The molecular formula is C37H42N2O2. The van der Waals surface area contributed by atoms with Gasteiger partial charge in [0.15, 0.2) is 0 Å². The smallest absolute Gasteiger partial charge is 0.128 e. The summed E-state index contributed by atoms with van der Waals surface area (Å²) in [6.45, 7) is 29.4. The minimum atomic E-state index is 0.686. The molecule has 0 saturated carbocycles. The van der Waals surface area contributed by atoms with E-state index in [4.69, 9.17) is 9.47 Å². The van der Waals surface area contributed by atoms with E-state index in [1.807, 2.05) is 74.5 Å². The Kier molecular flexibility index (Phi) is 15.6. The molecule has 3 aromatic carbocycles. The van der Waals surface area contributed by atoms with Crippen molar-refractivity contribution in [2.24, 2.45) is 0 Å². The second-order valence-electron chi connectivity index (χ2n) is 7.73. The first-order valence-electron chi connectivity index (χ1n) is 13.2. The first kappa shape index (κ1) is 33.8. The first-order chi connectivity index (χ1) is 20.1.